The number of likely N-dealkylation sites (tertiary alicyclic amines) is 1. The summed E-state index contributed by atoms with van der Waals surface area (Å²) in [6.45, 7) is 2.77. The Labute approximate surface area is 172 Å². The van der Waals surface area contributed by atoms with Crippen LogP contribution in [0.5, 0.6) is 0 Å². The molecule has 0 aliphatic carbocycles. The van der Waals surface area contributed by atoms with Gasteiger partial charge in [0.15, 0.2) is 0 Å². The Kier molecular flexibility index (Phi) is 6.25. The van der Waals surface area contributed by atoms with Crippen molar-refractivity contribution >= 4 is 17.5 Å². The van der Waals surface area contributed by atoms with Gasteiger partial charge >= 0.3 is 0 Å². The molecule has 2 aromatic carbocycles. The molecule has 1 saturated heterocycles. The molecule has 2 atom stereocenters. The second kappa shape index (κ2) is 9.23. The maximum Gasteiger partial charge on any atom is 0.227 e. The van der Waals surface area contributed by atoms with E-state index in [0.29, 0.717) is 25.8 Å². The number of anilines is 1. The summed E-state index contributed by atoms with van der Waals surface area (Å²) in [5.74, 6) is -0.0910. The summed E-state index contributed by atoms with van der Waals surface area (Å²) in [5, 5.41) is 6.08. The number of hydrogen-bond acceptors (Lipinski definition) is 3. The highest BCUT2D eigenvalue weighted by molar-refractivity contribution is 5.96. The Hall–Kier alpha value is -2.66. The molecular weight excluding hydrogens is 362 g/mol. The number of carbonyl (C=O) groups is 2. The van der Waals surface area contributed by atoms with Crippen molar-refractivity contribution in [3.05, 3.63) is 65.7 Å². The molecule has 2 heterocycles. The van der Waals surface area contributed by atoms with Gasteiger partial charge in [-0.05, 0) is 56.0 Å². The van der Waals surface area contributed by atoms with Crippen molar-refractivity contribution in [3.8, 4) is 0 Å². The van der Waals surface area contributed by atoms with E-state index in [1.165, 1.54) is 18.4 Å². The fraction of sp³-hybridized carbons (Fsp3) is 0.417. The van der Waals surface area contributed by atoms with E-state index in [1.807, 2.05) is 30.3 Å². The highest BCUT2D eigenvalue weighted by Crippen LogP contribution is 2.28. The molecule has 0 radical (unpaired) electrons. The Bertz CT molecular complexity index is 846. The van der Waals surface area contributed by atoms with Gasteiger partial charge < -0.3 is 10.6 Å². The number of hydrogen-bond donors (Lipinski definition) is 2. The molecule has 0 aromatic heterocycles. The van der Waals surface area contributed by atoms with Crippen molar-refractivity contribution in [1.82, 2.24) is 10.2 Å². The van der Waals surface area contributed by atoms with Gasteiger partial charge in [0.1, 0.15) is 0 Å². The largest absolute Gasteiger partial charge is 0.354 e. The highest BCUT2D eigenvalue weighted by atomic mass is 16.2. The average molecular weight is 392 g/mol. The van der Waals surface area contributed by atoms with Crippen LogP contribution in [0.1, 0.15) is 42.9 Å². The Morgan fingerprint density at radius 2 is 1.79 bits per heavy atom. The molecule has 2 N–H and O–H groups in total. The lowest BCUT2D eigenvalue weighted by Gasteiger charge is -2.28. The van der Waals surface area contributed by atoms with Gasteiger partial charge in [-0.25, -0.2) is 0 Å². The first-order valence-corrected chi connectivity index (χ1v) is 10.6. The molecule has 2 unspecified atom stereocenters. The summed E-state index contributed by atoms with van der Waals surface area (Å²) in [4.78, 5) is 27.3. The molecule has 2 aliphatic heterocycles. The van der Waals surface area contributed by atoms with Crippen LogP contribution in [0.15, 0.2) is 54.6 Å². The van der Waals surface area contributed by atoms with Crippen LogP contribution in [-0.2, 0) is 16.0 Å². The van der Waals surface area contributed by atoms with Gasteiger partial charge in [-0.1, -0.05) is 48.5 Å². The van der Waals surface area contributed by atoms with Gasteiger partial charge in [0.05, 0.1) is 6.04 Å². The van der Waals surface area contributed by atoms with Gasteiger partial charge in [0, 0.05) is 24.6 Å². The van der Waals surface area contributed by atoms with E-state index in [0.717, 1.165) is 24.3 Å². The molecule has 2 aliphatic rings. The topological polar surface area (TPSA) is 61.4 Å². The third kappa shape index (κ3) is 4.85. The minimum Gasteiger partial charge on any atom is -0.354 e. The smallest absolute Gasteiger partial charge is 0.227 e. The zero-order valence-corrected chi connectivity index (χ0v) is 16.8. The van der Waals surface area contributed by atoms with Crippen LogP contribution >= 0.6 is 0 Å². The Balaban J connectivity index is 1.30. The van der Waals surface area contributed by atoms with Crippen molar-refractivity contribution in [2.24, 2.45) is 5.92 Å². The first-order valence-electron chi connectivity index (χ1n) is 10.6. The van der Waals surface area contributed by atoms with E-state index in [1.54, 1.807) is 0 Å². The van der Waals surface area contributed by atoms with Crippen LogP contribution < -0.4 is 10.6 Å². The predicted molar refractivity (Wildman–Crippen MR) is 114 cm³/mol. The number of rotatable bonds is 7. The third-order valence-corrected chi connectivity index (χ3v) is 6.09. The number of benzene rings is 2. The van der Waals surface area contributed by atoms with Crippen LogP contribution in [0.25, 0.3) is 0 Å². The molecule has 152 valence electrons. The summed E-state index contributed by atoms with van der Waals surface area (Å²) in [6.07, 6.45) is 4.09. The van der Waals surface area contributed by atoms with E-state index in [9.17, 15) is 9.59 Å². The average Bonchev–Trinajstić information content (AvgIpc) is 3.28. The van der Waals surface area contributed by atoms with Crippen molar-refractivity contribution in [1.29, 1.82) is 0 Å². The van der Waals surface area contributed by atoms with Crippen LogP contribution in [0, 0.1) is 5.92 Å². The van der Waals surface area contributed by atoms with E-state index in [2.05, 4.69) is 39.8 Å². The van der Waals surface area contributed by atoms with Gasteiger partial charge in [-0.15, -0.1) is 0 Å². The quantitative estimate of drug-likeness (QED) is 0.759. The first-order chi connectivity index (χ1) is 14.2. The van der Waals surface area contributed by atoms with Crippen LogP contribution in [-0.4, -0.2) is 36.3 Å². The fourth-order valence-electron chi connectivity index (χ4n) is 4.44. The molecule has 1 fully saturated rings. The summed E-state index contributed by atoms with van der Waals surface area (Å²) in [7, 11) is 0. The number of nitrogens with one attached hydrogen (secondary N) is 2. The number of nitrogens with zero attached hydrogens (tertiary/aromatic N) is 1. The zero-order valence-electron chi connectivity index (χ0n) is 16.8. The van der Waals surface area contributed by atoms with E-state index >= 15 is 0 Å². The lowest BCUT2D eigenvalue weighted by molar-refractivity contribution is -0.123. The number of para-hydroxylation sites is 1. The summed E-state index contributed by atoms with van der Waals surface area (Å²) in [5.41, 5.74) is 3.29. The summed E-state index contributed by atoms with van der Waals surface area (Å²) in [6, 6.07) is 18.5. The highest BCUT2D eigenvalue weighted by Gasteiger charge is 2.27. The Morgan fingerprint density at radius 3 is 2.59 bits per heavy atom. The number of amides is 2. The molecular formula is C24H29N3O2. The monoisotopic (exact) mass is 391 g/mol. The fourth-order valence-corrected chi connectivity index (χ4v) is 4.44. The minimum atomic E-state index is -0.140. The predicted octanol–water partition coefficient (Wildman–Crippen LogP) is 3.53. The molecule has 0 spiro atoms. The maximum atomic E-state index is 12.5. The maximum absolute atomic E-state index is 12.5. The van der Waals surface area contributed by atoms with Crippen molar-refractivity contribution in [2.45, 2.75) is 38.1 Å². The summed E-state index contributed by atoms with van der Waals surface area (Å²) < 4.78 is 0. The summed E-state index contributed by atoms with van der Waals surface area (Å²) >= 11 is 0. The molecule has 5 heteroatoms. The SMILES string of the molecule is O=C(CCC1Cc2ccccc2NC1=O)NCC(c1ccccc1)N1CCCC1. The van der Waals surface area contributed by atoms with E-state index in [4.69, 9.17) is 0 Å². The molecule has 5 nitrogen and oxygen atoms in total. The molecule has 4 rings (SSSR count). The van der Waals surface area contributed by atoms with E-state index in [-0.39, 0.29) is 23.8 Å². The number of carbonyl (C=O) groups excluding carboxylic acids is 2. The van der Waals surface area contributed by atoms with Gasteiger partial charge in [0.2, 0.25) is 11.8 Å². The Morgan fingerprint density at radius 1 is 1.07 bits per heavy atom. The molecule has 2 amide bonds. The van der Waals surface area contributed by atoms with Crippen LogP contribution in [0.3, 0.4) is 0 Å². The number of fused-ring (bicyclic) bond motifs is 1. The van der Waals surface area contributed by atoms with Gasteiger partial charge in [0.25, 0.3) is 0 Å². The molecule has 0 saturated carbocycles. The van der Waals surface area contributed by atoms with Gasteiger partial charge in [-0.3, -0.25) is 14.5 Å². The standard InChI is InChI=1S/C24H29N3O2/c28-23(13-12-20-16-19-10-4-5-11-21(19)26-24(20)29)25-17-22(27-14-6-7-15-27)18-8-2-1-3-9-18/h1-5,8-11,20,22H,6-7,12-17H2,(H,25,28)(H,26,29). The molecule has 2 aromatic rings. The normalized spacial score (nSPS) is 20.0. The minimum absolute atomic E-state index is 0.0238. The molecule has 29 heavy (non-hydrogen) atoms. The lowest BCUT2D eigenvalue weighted by Crippen LogP contribution is -2.37. The molecule has 0 bridgehead atoms. The van der Waals surface area contributed by atoms with Crippen molar-refractivity contribution < 1.29 is 9.59 Å². The second-order valence-electron chi connectivity index (χ2n) is 8.06. The van der Waals surface area contributed by atoms with Crippen molar-refractivity contribution in [2.75, 3.05) is 25.0 Å². The third-order valence-electron chi connectivity index (χ3n) is 6.09. The van der Waals surface area contributed by atoms with Crippen LogP contribution in [0.4, 0.5) is 5.69 Å². The lowest BCUT2D eigenvalue weighted by atomic mass is 9.89. The van der Waals surface area contributed by atoms with Crippen molar-refractivity contribution in [3.63, 3.8) is 0 Å². The van der Waals surface area contributed by atoms with E-state index < -0.39 is 0 Å². The second-order valence-corrected chi connectivity index (χ2v) is 8.06. The first kappa shape index (κ1) is 19.6. The zero-order chi connectivity index (χ0) is 20.1. The van der Waals surface area contributed by atoms with Crippen LogP contribution in [0.2, 0.25) is 0 Å². The van der Waals surface area contributed by atoms with Gasteiger partial charge in [-0.2, -0.15) is 0 Å².